The summed E-state index contributed by atoms with van der Waals surface area (Å²) in [6, 6.07) is 7.16. The normalized spacial score (nSPS) is 10.6. The van der Waals surface area contributed by atoms with Crippen LogP contribution in [-0.4, -0.2) is 0 Å². The molecule has 2 aromatic rings. The average Bonchev–Trinajstić information content (AvgIpc) is 2.50. The molecule has 0 spiro atoms. The van der Waals surface area contributed by atoms with Crippen molar-refractivity contribution in [2.45, 2.75) is 0 Å². The van der Waals surface area contributed by atoms with Crippen LogP contribution in [0.1, 0.15) is 5.56 Å². The number of furan rings is 1. The number of hydrogen-bond acceptors (Lipinski definition) is 1. The number of hydrogen-bond donors (Lipinski definition) is 0. The Morgan fingerprint density at radius 3 is 3.00 bits per heavy atom. The van der Waals surface area contributed by atoms with Crippen LogP contribution in [0.2, 0.25) is 0 Å². The summed E-state index contributed by atoms with van der Waals surface area (Å²) in [7, 11) is 0. The second-order valence-corrected chi connectivity index (χ2v) is 2.30. The van der Waals surface area contributed by atoms with E-state index in [-0.39, 0.29) is 0 Å². The summed E-state index contributed by atoms with van der Waals surface area (Å²) in [5.41, 5.74) is 1.10. The van der Waals surface area contributed by atoms with Crippen molar-refractivity contribution in [1.29, 1.82) is 0 Å². The lowest BCUT2D eigenvalue weighted by Crippen LogP contribution is -1.74. The molecule has 55 valence electrons. The highest BCUT2D eigenvalue weighted by molar-refractivity contribution is 5.81. The van der Waals surface area contributed by atoms with Crippen LogP contribution < -0.4 is 0 Å². The van der Waals surface area contributed by atoms with Gasteiger partial charge in [0.25, 0.3) is 0 Å². The first kappa shape index (κ1) is 6.40. The summed E-state index contributed by atoms with van der Waals surface area (Å²) in [5, 5.41) is 0.927. The molecule has 0 fully saturated rings. The molecular formula is C9H6FO. The molecule has 1 heterocycles. The van der Waals surface area contributed by atoms with E-state index in [9.17, 15) is 4.39 Å². The maximum absolute atomic E-state index is 12.1. The van der Waals surface area contributed by atoms with E-state index >= 15 is 0 Å². The molecule has 0 N–H and O–H groups in total. The Labute approximate surface area is 63.4 Å². The van der Waals surface area contributed by atoms with E-state index in [1.807, 2.05) is 12.1 Å². The van der Waals surface area contributed by atoms with Gasteiger partial charge >= 0.3 is 0 Å². The van der Waals surface area contributed by atoms with E-state index < -0.39 is 0 Å². The highest BCUT2D eigenvalue weighted by atomic mass is 19.1. The van der Waals surface area contributed by atoms with Crippen LogP contribution in [0, 0.1) is 6.67 Å². The third-order valence-electron chi connectivity index (χ3n) is 1.63. The summed E-state index contributed by atoms with van der Waals surface area (Å²) in [5.74, 6) is 0. The fourth-order valence-electron chi connectivity index (χ4n) is 1.10. The van der Waals surface area contributed by atoms with E-state index in [0.717, 1.165) is 5.39 Å². The number of benzene rings is 1. The van der Waals surface area contributed by atoms with Crippen molar-refractivity contribution < 1.29 is 8.81 Å². The molecule has 0 bridgehead atoms. The summed E-state index contributed by atoms with van der Waals surface area (Å²) in [6.45, 7) is 0.547. The molecule has 0 aliphatic rings. The molecule has 1 aromatic heterocycles. The zero-order chi connectivity index (χ0) is 7.68. The maximum Gasteiger partial charge on any atom is 0.164 e. The molecular weight excluding hydrogens is 143 g/mol. The third kappa shape index (κ3) is 0.909. The second-order valence-electron chi connectivity index (χ2n) is 2.30. The lowest BCUT2D eigenvalue weighted by molar-refractivity contribution is 0.599. The van der Waals surface area contributed by atoms with Crippen LogP contribution in [-0.2, 0) is 0 Å². The van der Waals surface area contributed by atoms with Gasteiger partial charge in [-0.05, 0) is 6.07 Å². The molecule has 0 aliphatic carbocycles. The lowest BCUT2D eigenvalue weighted by atomic mass is 10.2. The Kier molecular flexibility index (Phi) is 1.39. The third-order valence-corrected chi connectivity index (χ3v) is 1.63. The Hall–Kier alpha value is -1.31. The van der Waals surface area contributed by atoms with Gasteiger partial charge < -0.3 is 4.42 Å². The molecule has 0 saturated carbocycles. The summed E-state index contributed by atoms with van der Waals surface area (Å²) in [6.07, 6.45) is 1.55. The Bertz CT molecular complexity index is 364. The van der Waals surface area contributed by atoms with E-state index in [4.69, 9.17) is 4.42 Å². The van der Waals surface area contributed by atoms with E-state index in [1.165, 1.54) is 0 Å². The monoisotopic (exact) mass is 149 g/mol. The largest absolute Gasteiger partial charge is 0.464 e. The van der Waals surface area contributed by atoms with E-state index in [1.54, 1.807) is 18.4 Å². The van der Waals surface area contributed by atoms with Gasteiger partial charge in [-0.25, -0.2) is 4.39 Å². The number of rotatable bonds is 1. The SMILES string of the molecule is F[CH]c1cccc2ccoc12. The van der Waals surface area contributed by atoms with Gasteiger partial charge in [-0.3, -0.25) is 0 Å². The van der Waals surface area contributed by atoms with Crippen molar-refractivity contribution in [3.63, 3.8) is 0 Å². The molecule has 0 atom stereocenters. The zero-order valence-corrected chi connectivity index (χ0v) is 5.75. The van der Waals surface area contributed by atoms with Gasteiger partial charge in [0.05, 0.1) is 6.26 Å². The predicted octanol–water partition coefficient (Wildman–Crippen LogP) is 2.91. The fourth-order valence-corrected chi connectivity index (χ4v) is 1.10. The van der Waals surface area contributed by atoms with Crippen molar-refractivity contribution in [1.82, 2.24) is 0 Å². The summed E-state index contributed by atoms with van der Waals surface area (Å²) < 4.78 is 17.2. The molecule has 0 amide bonds. The minimum absolute atomic E-state index is 0.493. The molecule has 11 heavy (non-hydrogen) atoms. The topological polar surface area (TPSA) is 13.1 Å². The van der Waals surface area contributed by atoms with Crippen LogP contribution in [0.3, 0.4) is 0 Å². The number of para-hydroxylation sites is 1. The maximum atomic E-state index is 12.1. The lowest BCUT2D eigenvalue weighted by Gasteiger charge is -1.92. The first-order valence-corrected chi connectivity index (χ1v) is 3.31. The van der Waals surface area contributed by atoms with Gasteiger partial charge in [-0.15, -0.1) is 0 Å². The molecule has 1 aromatic carbocycles. The number of halogens is 1. The second kappa shape index (κ2) is 2.38. The van der Waals surface area contributed by atoms with Crippen LogP contribution in [0.15, 0.2) is 34.9 Å². The first-order chi connectivity index (χ1) is 5.42. The Morgan fingerprint density at radius 1 is 1.27 bits per heavy atom. The molecule has 0 aliphatic heterocycles. The average molecular weight is 149 g/mol. The molecule has 2 rings (SSSR count). The van der Waals surface area contributed by atoms with Crippen LogP contribution in [0.5, 0.6) is 0 Å². The van der Waals surface area contributed by atoms with Gasteiger partial charge in [-0.2, -0.15) is 0 Å². The minimum atomic E-state index is 0.493. The van der Waals surface area contributed by atoms with Crippen molar-refractivity contribution in [3.8, 4) is 0 Å². The van der Waals surface area contributed by atoms with Crippen molar-refractivity contribution in [2.75, 3.05) is 0 Å². The van der Waals surface area contributed by atoms with Gasteiger partial charge in [0.1, 0.15) is 5.58 Å². The van der Waals surface area contributed by atoms with Gasteiger partial charge in [0.15, 0.2) is 6.67 Å². The highest BCUT2D eigenvalue weighted by Crippen LogP contribution is 2.20. The van der Waals surface area contributed by atoms with Crippen molar-refractivity contribution >= 4 is 11.0 Å². The first-order valence-electron chi connectivity index (χ1n) is 3.31. The van der Waals surface area contributed by atoms with Crippen molar-refractivity contribution in [2.24, 2.45) is 0 Å². The summed E-state index contributed by atoms with van der Waals surface area (Å²) in [4.78, 5) is 0. The summed E-state index contributed by atoms with van der Waals surface area (Å²) >= 11 is 0. The quantitative estimate of drug-likeness (QED) is 0.607. The highest BCUT2D eigenvalue weighted by Gasteiger charge is 2.02. The smallest absolute Gasteiger partial charge is 0.164 e. The fraction of sp³-hybridized carbons (Fsp3) is 0. The predicted molar refractivity (Wildman–Crippen MR) is 40.7 cm³/mol. The van der Waals surface area contributed by atoms with Crippen LogP contribution >= 0.6 is 0 Å². The van der Waals surface area contributed by atoms with Gasteiger partial charge in [0.2, 0.25) is 0 Å². The van der Waals surface area contributed by atoms with Gasteiger partial charge in [0, 0.05) is 10.9 Å². The number of fused-ring (bicyclic) bond motifs is 1. The molecule has 1 radical (unpaired) electrons. The standard InChI is InChI=1S/C9H6FO/c10-6-8-3-1-2-7-4-5-11-9(7)8/h1-6H. The van der Waals surface area contributed by atoms with Crippen LogP contribution in [0.4, 0.5) is 4.39 Å². The Balaban J connectivity index is 2.79. The van der Waals surface area contributed by atoms with Crippen LogP contribution in [0.25, 0.3) is 11.0 Å². The molecule has 0 unspecified atom stereocenters. The zero-order valence-electron chi connectivity index (χ0n) is 5.75. The molecule has 1 nitrogen and oxygen atoms in total. The van der Waals surface area contributed by atoms with Crippen molar-refractivity contribution in [3.05, 3.63) is 42.8 Å². The van der Waals surface area contributed by atoms with E-state index in [2.05, 4.69) is 0 Å². The Morgan fingerprint density at radius 2 is 2.18 bits per heavy atom. The van der Waals surface area contributed by atoms with Gasteiger partial charge in [-0.1, -0.05) is 18.2 Å². The minimum Gasteiger partial charge on any atom is -0.464 e. The van der Waals surface area contributed by atoms with E-state index in [0.29, 0.717) is 17.8 Å². The molecule has 0 saturated heterocycles. The molecule has 2 heteroatoms.